The first-order chi connectivity index (χ1) is 10.9. The monoisotopic (exact) mass is 327 g/mol. The second-order valence-corrected chi connectivity index (χ2v) is 8.16. The summed E-state index contributed by atoms with van der Waals surface area (Å²) in [5.41, 5.74) is 1.53. The molecule has 0 bridgehead atoms. The van der Waals surface area contributed by atoms with E-state index in [0.29, 0.717) is 6.04 Å². The highest BCUT2D eigenvalue weighted by Crippen LogP contribution is 2.44. The van der Waals surface area contributed by atoms with Crippen molar-refractivity contribution in [3.63, 3.8) is 0 Å². The van der Waals surface area contributed by atoms with Crippen molar-refractivity contribution in [1.29, 1.82) is 0 Å². The van der Waals surface area contributed by atoms with Crippen LogP contribution < -0.4 is 4.90 Å². The number of aromatic nitrogens is 2. The van der Waals surface area contributed by atoms with Gasteiger partial charge in [0, 0.05) is 16.3 Å². The summed E-state index contributed by atoms with van der Waals surface area (Å²) in [6.07, 6.45) is 7.96. The molecular formula is C17H17N3S2. The fourth-order valence-electron chi connectivity index (χ4n) is 3.93. The van der Waals surface area contributed by atoms with E-state index in [1.54, 1.807) is 11.2 Å². The van der Waals surface area contributed by atoms with E-state index in [4.69, 9.17) is 4.98 Å². The van der Waals surface area contributed by atoms with E-state index in [9.17, 15) is 0 Å². The predicted molar refractivity (Wildman–Crippen MR) is 93.1 cm³/mol. The standard InChI is InChI=1S/C17H17N3S2/c1-4-11-13(6-1)22-17-15(11)16(18-10-19-17)20-8-2-5-12(20)14-7-3-9-21-14/h3,7,9-10,12H,1-2,4-6,8H2/t12-/m0/s1. The highest BCUT2D eigenvalue weighted by molar-refractivity contribution is 7.19. The summed E-state index contributed by atoms with van der Waals surface area (Å²) in [7, 11) is 0. The first kappa shape index (κ1) is 13.0. The molecule has 0 aromatic carbocycles. The van der Waals surface area contributed by atoms with Crippen molar-refractivity contribution in [2.45, 2.75) is 38.1 Å². The predicted octanol–water partition coefficient (Wildman–Crippen LogP) is 4.58. The summed E-state index contributed by atoms with van der Waals surface area (Å²) in [5.74, 6) is 1.18. The SMILES string of the molecule is c1csc([C@@H]2CCCN2c2ncnc3sc4c(c23)CCC4)c1. The molecule has 5 heteroatoms. The lowest BCUT2D eigenvalue weighted by molar-refractivity contribution is 0.727. The summed E-state index contributed by atoms with van der Waals surface area (Å²) in [5, 5.41) is 3.53. The van der Waals surface area contributed by atoms with Gasteiger partial charge in [0.25, 0.3) is 0 Å². The van der Waals surface area contributed by atoms with Crippen molar-refractivity contribution in [3.8, 4) is 0 Å². The number of rotatable bonds is 2. The van der Waals surface area contributed by atoms with Gasteiger partial charge in [-0.25, -0.2) is 9.97 Å². The highest BCUT2D eigenvalue weighted by Gasteiger charge is 2.31. The maximum atomic E-state index is 4.72. The Bertz CT molecular complexity index is 822. The lowest BCUT2D eigenvalue weighted by Crippen LogP contribution is -2.23. The largest absolute Gasteiger partial charge is 0.348 e. The molecule has 2 aliphatic rings. The molecule has 3 nitrogen and oxygen atoms in total. The number of nitrogens with zero attached hydrogens (tertiary/aromatic N) is 3. The minimum atomic E-state index is 0.495. The lowest BCUT2D eigenvalue weighted by Gasteiger charge is -2.25. The average Bonchev–Trinajstić information content (AvgIpc) is 3.28. The molecule has 0 amide bonds. The van der Waals surface area contributed by atoms with Crippen molar-refractivity contribution in [3.05, 3.63) is 39.2 Å². The lowest BCUT2D eigenvalue weighted by atomic mass is 10.1. The summed E-state index contributed by atoms with van der Waals surface area (Å²) in [6, 6.07) is 4.92. The van der Waals surface area contributed by atoms with Crippen LogP contribution in [-0.2, 0) is 12.8 Å². The smallest absolute Gasteiger partial charge is 0.141 e. The molecule has 1 aliphatic heterocycles. The number of fused-ring (bicyclic) bond motifs is 3. The number of hydrogen-bond acceptors (Lipinski definition) is 5. The van der Waals surface area contributed by atoms with E-state index < -0.39 is 0 Å². The highest BCUT2D eigenvalue weighted by atomic mass is 32.1. The summed E-state index contributed by atoms with van der Waals surface area (Å²) in [4.78, 5) is 16.0. The average molecular weight is 327 g/mol. The van der Waals surface area contributed by atoms with Crippen molar-refractivity contribution in [2.24, 2.45) is 0 Å². The van der Waals surface area contributed by atoms with Crippen molar-refractivity contribution in [1.82, 2.24) is 9.97 Å². The fraction of sp³-hybridized carbons (Fsp3) is 0.412. The molecule has 5 rings (SSSR count). The van der Waals surface area contributed by atoms with Gasteiger partial charge in [-0.05, 0) is 49.1 Å². The van der Waals surface area contributed by atoms with Crippen LogP contribution in [0, 0.1) is 0 Å². The summed E-state index contributed by atoms with van der Waals surface area (Å²) in [6.45, 7) is 1.11. The minimum Gasteiger partial charge on any atom is -0.348 e. The second kappa shape index (κ2) is 5.03. The van der Waals surface area contributed by atoms with Gasteiger partial charge < -0.3 is 4.90 Å². The van der Waals surface area contributed by atoms with Crippen LogP contribution in [0.1, 0.15) is 40.6 Å². The van der Waals surface area contributed by atoms with E-state index >= 15 is 0 Å². The zero-order chi connectivity index (χ0) is 14.5. The Morgan fingerprint density at radius 2 is 2.18 bits per heavy atom. The third-order valence-electron chi connectivity index (χ3n) is 4.88. The van der Waals surface area contributed by atoms with Crippen molar-refractivity contribution >= 4 is 38.7 Å². The first-order valence-electron chi connectivity index (χ1n) is 7.97. The van der Waals surface area contributed by atoms with E-state index in [1.807, 2.05) is 22.7 Å². The molecule has 1 fully saturated rings. The summed E-state index contributed by atoms with van der Waals surface area (Å²) >= 11 is 3.75. The quantitative estimate of drug-likeness (QED) is 0.690. The second-order valence-electron chi connectivity index (χ2n) is 6.10. The van der Waals surface area contributed by atoms with Crippen molar-refractivity contribution < 1.29 is 0 Å². The fourth-order valence-corrected chi connectivity index (χ4v) is 6.02. The van der Waals surface area contributed by atoms with Gasteiger partial charge in [0.15, 0.2) is 0 Å². The van der Waals surface area contributed by atoms with Crippen LogP contribution in [0.4, 0.5) is 5.82 Å². The molecule has 3 aromatic rings. The number of hydrogen-bond donors (Lipinski definition) is 0. The van der Waals surface area contributed by atoms with Gasteiger partial charge in [0.1, 0.15) is 17.0 Å². The number of aryl methyl sites for hydroxylation is 2. The topological polar surface area (TPSA) is 29.0 Å². The Labute approximate surface area is 137 Å². The van der Waals surface area contributed by atoms with E-state index in [-0.39, 0.29) is 0 Å². The van der Waals surface area contributed by atoms with Crippen LogP contribution in [0.2, 0.25) is 0 Å². The Morgan fingerprint density at radius 3 is 3.09 bits per heavy atom. The molecule has 4 heterocycles. The normalized spacial score (nSPS) is 20.9. The Hall–Kier alpha value is -1.46. The van der Waals surface area contributed by atoms with Gasteiger partial charge in [0.05, 0.1) is 11.4 Å². The Balaban J connectivity index is 1.67. The van der Waals surface area contributed by atoms with Crippen LogP contribution in [0.15, 0.2) is 23.8 Å². The molecule has 112 valence electrons. The van der Waals surface area contributed by atoms with Crippen LogP contribution in [0.3, 0.4) is 0 Å². The van der Waals surface area contributed by atoms with Gasteiger partial charge >= 0.3 is 0 Å². The van der Waals surface area contributed by atoms with Crippen LogP contribution in [-0.4, -0.2) is 16.5 Å². The van der Waals surface area contributed by atoms with E-state index in [1.165, 1.54) is 58.6 Å². The first-order valence-corrected chi connectivity index (χ1v) is 9.67. The molecule has 3 aromatic heterocycles. The molecule has 1 saturated heterocycles. The van der Waals surface area contributed by atoms with Crippen LogP contribution in [0.5, 0.6) is 0 Å². The van der Waals surface area contributed by atoms with Gasteiger partial charge in [-0.1, -0.05) is 6.07 Å². The Morgan fingerprint density at radius 1 is 1.18 bits per heavy atom. The molecule has 0 saturated carbocycles. The van der Waals surface area contributed by atoms with Crippen LogP contribution in [0.25, 0.3) is 10.2 Å². The molecule has 22 heavy (non-hydrogen) atoms. The zero-order valence-electron chi connectivity index (χ0n) is 12.3. The molecule has 0 N–H and O–H groups in total. The van der Waals surface area contributed by atoms with E-state index in [2.05, 4.69) is 27.4 Å². The Kier molecular flexibility index (Phi) is 2.98. The molecule has 1 aliphatic carbocycles. The molecule has 0 spiro atoms. The summed E-state index contributed by atoms with van der Waals surface area (Å²) < 4.78 is 0. The third-order valence-corrected chi connectivity index (χ3v) is 7.05. The minimum absolute atomic E-state index is 0.495. The van der Waals surface area contributed by atoms with Gasteiger partial charge in [-0.15, -0.1) is 22.7 Å². The van der Waals surface area contributed by atoms with Crippen LogP contribution >= 0.6 is 22.7 Å². The maximum Gasteiger partial charge on any atom is 0.141 e. The number of thiophene rings is 2. The molecular weight excluding hydrogens is 310 g/mol. The van der Waals surface area contributed by atoms with Gasteiger partial charge in [-0.3, -0.25) is 0 Å². The maximum absolute atomic E-state index is 4.72. The third kappa shape index (κ3) is 1.85. The van der Waals surface area contributed by atoms with E-state index in [0.717, 1.165) is 6.54 Å². The molecule has 0 radical (unpaired) electrons. The zero-order valence-corrected chi connectivity index (χ0v) is 13.9. The number of anilines is 1. The molecule has 1 atom stereocenters. The molecule has 0 unspecified atom stereocenters. The van der Waals surface area contributed by atoms with Gasteiger partial charge in [0.2, 0.25) is 0 Å². The van der Waals surface area contributed by atoms with Gasteiger partial charge in [-0.2, -0.15) is 0 Å². The van der Waals surface area contributed by atoms with Crippen molar-refractivity contribution in [2.75, 3.05) is 11.4 Å².